The summed E-state index contributed by atoms with van der Waals surface area (Å²) in [6, 6.07) is 13.7. The van der Waals surface area contributed by atoms with Crippen LogP contribution in [0.3, 0.4) is 0 Å². The van der Waals surface area contributed by atoms with Crippen molar-refractivity contribution in [2.75, 3.05) is 19.5 Å². The first-order valence-electron chi connectivity index (χ1n) is 8.43. The average Bonchev–Trinajstić information content (AvgIpc) is 3.16. The third kappa shape index (κ3) is 5.28. The smallest absolute Gasteiger partial charge is 0.264 e. The predicted molar refractivity (Wildman–Crippen MR) is 116 cm³/mol. The average molecular weight is 496 g/mol. The lowest BCUT2D eigenvalue weighted by Crippen LogP contribution is -2.25. The maximum absolute atomic E-state index is 12.3. The molecule has 10 heteroatoms. The van der Waals surface area contributed by atoms with Gasteiger partial charge in [0.25, 0.3) is 10.0 Å². The summed E-state index contributed by atoms with van der Waals surface area (Å²) in [6.45, 7) is 0. The van der Waals surface area contributed by atoms with E-state index in [1.807, 2.05) is 29.6 Å². The molecule has 0 radical (unpaired) electrons. The number of benzene rings is 2. The maximum Gasteiger partial charge on any atom is 0.264 e. The van der Waals surface area contributed by atoms with Crippen LogP contribution in [0.1, 0.15) is 5.69 Å². The van der Waals surface area contributed by atoms with Crippen LogP contribution in [0.4, 0.5) is 5.69 Å². The molecule has 2 aromatic carbocycles. The maximum atomic E-state index is 12.3. The fourth-order valence-corrected chi connectivity index (χ4v) is 4.66. The summed E-state index contributed by atoms with van der Waals surface area (Å²) in [5.41, 5.74) is 2.15. The monoisotopic (exact) mass is 495 g/mol. The molecule has 1 amide bonds. The molecular formula is C19H18BrN3O4S2. The SMILES string of the molecule is CON(C)S(=O)(=O)c1ccc(NC(=O)Cc2csc(-c3cccc(Br)c3)n2)cc1. The van der Waals surface area contributed by atoms with Gasteiger partial charge in [0.1, 0.15) is 5.01 Å². The van der Waals surface area contributed by atoms with Crippen molar-refractivity contribution in [3.05, 3.63) is 64.1 Å². The Morgan fingerprint density at radius 2 is 1.97 bits per heavy atom. The van der Waals surface area contributed by atoms with Crippen LogP contribution in [0.15, 0.2) is 63.3 Å². The normalized spacial score (nSPS) is 11.6. The molecule has 0 atom stereocenters. The molecular weight excluding hydrogens is 478 g/mol. The van der Waals surface area contributed by atoms with Gasteiger partial charge < -0.3 is 5.32 Å². The highest BCUT2D eigenvalue weighted by atomic mass is 79.9. The van der Waals surface area contributed by atoms with E-state index in [0.717, 1.165) is 19.5 Å². The van der Waals surface area contributed by atoms with Crippen LogP contribution < -0.4 is 5.32 Å². The number of hydroxylamine groups is 1. The van der Waals surface area contributed by atoms with Crippen molar-refractivity contribution in [2.45, 2.75) is 11.3 Å². The van der Waals surface area contributed by atoms with Crippen molar-refractivity contribution in [1.29, 1.82) is 0 Å². The van der Waals surface area contributed by atoms with Crippen molar-refractivity contribution < 1.29 is 18.0 Å². The standard InChI is InChI=1S/C19H18BrN3O4S2/c1-23(27-2)29(25,26)17-8-6-15(7-9-17)21-18(24)11-16-12-28-19(22-16)13-4-3-5-14(20)10-13/h3-10,12H,11H2,1-2H3,(H,21,24). The Morgan fingerprint density at radius 1 is 1.24 bits per heavy atom. The van der Waals surface area contributed by atoms with Crippen molar-refractivity contribution in [1.82, 2.24) is 9.45 Å². The van der Waals surface area contributed by atoms with Gasteiger partial charge in [0.2, 0.25) is 5.91 Å². The number of thiazole rings is 1. The van der Waals surface area contributed by atoms with E-state index in [2.05, 4.69) is 26.2 Å². The topological polar surface area (TPSA) is 88.6 Å². The second kappa shape index (κ2) is 9.14. The van der Waals surface area contributed by atoms with Crippen LogP contribution in [0.5, 0.6) is 0 Å². The lowest BCUT2D eigenvalue weighted by molar-refractivity contribution is -0.115. The van der Waals surface area contributed by atoms with Gasteiger partial charge in [-0.05, 0) is 36.4 Å². The minimum absolute atomic E-state index is 0.0676. The van der Waals surface area contributed by atoms with Gasteiger partial charge in [0, 0.05) is 28.2 Å². The molecule has 0 bridgehead atoms. The van der Waals surface area contributed by atoms with E-state index in [4.69, 9.17) is 4.84 Å². The Hall–Kier alpha value is -2.11. The zero-order valence-electron chi connectivity index (χ0n) is 15.6. The number of hydrogen-bond acceptors (Lipinski definition) is 6. The Bertz CT molecular complexity index is 1110. The Labute approximate surface area is 181 Å². The zero-order chi connectivity index (χ0) is 21.0. The number of carbonyl (C=O) groups excluding carboxylic acids is 1. The largest absolute Gasteiger partial charge is 0.326 e. The third-order valence-corrected chi connectivity index (χ3v) is 7.12. The van der Waals surface area contributed by atoms with E-state index < -0.39 is 10.0 Å². The highest BCUT2D eigenvalue weighted by Crippen LogP contribution is 2.26. The molecule has 0 saturated carbocycles. The first-order chi connectivity index (χ1) is 13.8. The van der Waals surface area contributed by atoms with E-state index in [1.54, 1.807) is 0 Å². The summed E-state index contributed by atoms with van der Waals surface area (Å²) in [6.07, 6.45) is 0.122. The lowest BCUT2D eigenvalue weighted by Gasteiger charge is -2.14. The number of rotatable bonds is 7. The minimum Gasteiger partial charge on any atom is -0.326 e. The summed E-state index contributed by atoms with van der Waals surface area (Å²) in [5.74, 6) is -0.235. The predicted octanol–water partition coefficient (Wildman–Crippen LogP) is 3.94. The molecule has 1 aromatic heterocycles. The summed E-state index contributed by atoms with van der Waals surface area (Å²) in [5, 5.41) is 5.44. The molecule has 1 N–H and O–H groups in total. The van der Waals surface area contributed by atoms with Gasteiger partial charge >= 0.3 is 0 Å². The molecule has 3 rings (SSSR count). The number of amides is 1. The molecule has 7 nitrogen and oxygen atoms in total. The van der Waals surface area contributed by atoms with Gasteiger partial charge in [-0.2, -0.15) is 0 Å². The Kier molecular flexibility index (Phi) is 6.81. The molecule has 152 valence electrons. The molecule has 0 spiro atoms. The molecule has 0 aliphatic carbocycles. The van der Waals surface area contributed by atoms with Gasteiger partial charge in [-0.3, -0.25) is 9.63 Å². The van der Waals surface area contributed by atoms with Crippen molar-refractivity contribution in [2.24, 2.45) is 0 Å². The van der Waals surface area contributed by atoms with Gasteiger partial charge in [0.15, 0.2) is 0 Å². The molecule has 0 unspecified atom stereocenters. The van der Waals surface area contributed by atoms with Gasteiger partial charge in [-0.15, -0.1) is 11.3 Å². The number of nitrogens with zero attached hydrogens (tertiary/aromatic N) is 2. The number of nitrogens with one attached hydrogen (secondary N) is 1. The Morgan fingerprint density at radius 3 is 2.62 bits per heavy atom. The van der Waals surface area contributed by atoms with E-state index in [-0.39, 0.29) is 17.2 Å². The molecule has 29 heavy (non-hydrogen) atoms. The number of aromatic nitrogens is 1. The number of halogens is 1. The summed E-state index contributed by atoms with van der Waals surface area (Å²) >= 11 is 4.91. The zero-order valence-corrected chi connectivity index (χ0v) is 18.8. The molecule has 3 aromatic rings. The molecule has 0 aliphatic heterocycles. The van der Waals surface area contributed by atoms with Crippen molar-refractivity contribution in [3.63, 3.8) is 0 Å². The van der Waals surface area contributed by atoms with Gasteiger partial charge in [0.05, 0.1) is 24.1 Å². The Balaban J connectivity index is 1.64. The highest BCUT2D eigenvalue weighted by Gasteiger charge is 2.20. The first-order valence-corrected chi connectivity index (χ1v) is 11.5. The van der Waals surface area contributed by atoms with Crippen molar-refractivity contribution >= 4 is 48.9 Å². The number of sulfonamides is 1. The van der Waals surface area contributed by atoms with Crippen LogP contribution >= 0.6 is 27.3 Å². The van der Waals surface area contributed by atoms with E-state index in [9.17, 15) is 13.2 Å². The highest BCUT2D eigenvalue weighted by molar-refractivity contribution is 9.10. The second-order valence-electron chi connectivity index (χ2n) is 6.00. The minimum atomic E-state index is -3.72. The molecule has 0 aliphatic rings. The quantitative estimate of drug-likeness (QED) is 0.501. The van der Waals surface area contributed by atoms with Gasteiger partial charge in [-0.1, -0.05) is 32.5 Å². The molecule has 0 fully saturated rings. The van der Waals surface area contributed by atoms with E-state index in [1.165, 1.54) is 49.8 Å². The summed E-state index contributed by atoms with van der Waals surface area (Å²) in [4.78, 5) is 21.6. The molecule has 0 saturated heterocycles. The fourth-order valence-electron chi connectivity index (χ4n) is 2.47. The van der Waals surface area contributed by atoms with Crippen LogP contribution in [0.2, 0.25) is 0 Å². The second-order valence-corrected chi connectivity index (χ2v) is 9.71. The lowest BCUT2D eigenvalue weighted by atomic mass is 10.2. The summed E-state index contributed by atoms with van der Waals surface area (Å²) in [7, 11) is -1.15. The number of anilines is 1. The number of carbonyl (C=O) groups is 1. The van der Waals surface area contributed by atoms with Crippen LogP contribution in [-0.4, -0.2) is 37.9 Å². The van der Waals surface area contributed by atoms with Crippen LogP contribution in [0, 0.1) is 0 Å². The van der Waals surface area contributed by atoms with Crippen LogP contribution in [-0.2, 0) is 26.1 Å². The van der Waals surface area contributed by atoms with E-state index >= 15 is 0 Å². The molecule has 1 heterocycles. The third-order valence-electron chi connectivity index (χ3n) is 4.00. The summed E-state index contributed by atoms with van der Waals surface area (Å²) < 4.78 is 26.1. The fraction of sp³-hybridized carbons (Fsp3) is 0.158. The number of hydrogen-bond donors (Lipinski definition) is 1. The first kappa shape index (κ1) is 21.6. The van der Waals surface area contributed by atoms with E-state index in [0.29, 0.717) is 11.4 Å². The van der Waals surface area contributed by atoms with Crippen molar-refractivity contribution in [3.8, 4) is 10.6 Å². The van der Waals surface area contributed by atoms with Gasteiger partial charge in [-0.25, -0.2) is 13.4 Å². The van der Waals surface area contributed by atoms with Crippen LogP contribution in [0.25, 0.3) is 10.6 Å².